The van der Waals surface area contributed by atoms with Crippen LogP contribution in [0.15, 0.2) is 46.9 Å². The van der Waals surface area contributed by atoms with Crippen molar-refractivity contribution in [3.63, 3.8) is 0 Å². The van der Waals surface area contributed by atoms with E-state index in [9.17, 15) is 0 Å². The van der Waals surface area contributed by atoms with Crippen LogP contribution in [0.25, 0.3) is 0 Å². The van der Waals surface area contributed by atoms with Crippen LogP contribution in [-0.4, -0.2) is 4.98 Å². The Kier molecular flexibility index (Phi) is 3.18. The molecule has 0 aliphatic rings. The van der Waals surface area contributed by atoms with E-state index in [-0.39, 0.29) is 0 Å². The molecule has 0 amide bonds. The maximum Gasteiger partial charge on any atom is 0.142 e. The summed E-state index contributed by atoms with van der Waals surface area (Å²) in [5.41, 5.74) is 1.32. The van der Waals surface area contributed by atoms with Gasteiger partial charge in [0.2, 0.25) is 0 Å². The first-order chi connectivity index (χ1) is 7.79. The maximum atomic E-state index is 8.73. The molecule has 16 heavy (non-hydrogen) atoms. The molecule has 1 heterocycles. The van der Waals surface area contributed by atoms with Crippen LogP contribution in [0, 0.1) is 11.3 Å². The van der Waals surface area contributed by atoms with Crippen molar-refractivity contribution in [1.29, 1.82) is 5.26 Å². The number of aromatic nitrogens is 1. The molecule has 4 heteroatoms. The summed E-state index contributed by atoms with van der Waals surface area (Å²) in [6.07, 6.45) is 0. The first kappa shape index (κ1) is 10.7. The van der Waals surface area contributed by atoms with Gasteiger partial charge in [-0.1, -0.05) is 18.2 Å². The Morgan fingerprint density at radius 3 is 2.69 bits per heavy atom. The third kappa shape index (κ3) is 2.38. The Hall–Kier alpha value is -1.86. The number of benzene rings is 1. The fourth-order valence-electron chi connectivity index (χ4n) is 1.27. The van der Waals surface area contributed by atoms with Crippen LogP contribution in [0.2, 0.25) is 0 Å². The number of para-hydroxylation sites is 1. The summed E-state index contributed by atoms with van der Waals surface area (Å²) in [5, 5.41) is 11.9. The highest BCUT2D eigenvalue weighted by Gasteiger charge is 2.00. The maximum absolute atomic E-state index is 8.73. The lowest BCUT2D eigenvalue weighted by Crippen LogP contribution is -1.95. The summed E-state index contributed by atoms with van der Waals surface area (Å²) in [5.74, 6) is 0.658. The number of nitrogens with zero attached hydrogens (tertiary/aromatic N) is 2. The van der Waals surface area contributed by atoms with Gasteiger partial charge >= 0.3 is 0 Å². The number of hydrogen-bond donors (Lipinski definition) is 1. The summed E-state index contributed by atoms with van der Waals surface area (Å²) < 4.78 is 0.958. The Morgan fingerprint density at radius 1 is 1.12 bits per heavy atom. The summed E-state index contributed by atoms with van der Waals surface area (Å²) in [7, 11) is 0. The highest BCUT2D eigenvalue weighted by molar-refractivity contribution is 9.10. The lowest BCUT2D eigenvalue weighted by Gasteiger charge is -2.07. The van der Waals surface area contributed by atoms with E-state index in [0.29, 0.717) is 11.5 Å². The minimum atomic E-state index is 0.400. The third-order valence-corrected chi connectivity index (χ3v) is 2.69. The van der Waals surface area contributed by atoms with Crippen LogP contribution < -0.4 is 5.32 Å². The van der Waals surface area contributed by atoms with E-state index in [1.54, 1.807) is 12.1 Å². The van der Waals surface area contributed by atoms with Crippen molar-refractivity contribution in [3.05, 3.63) is 52.6 Å². The van der Waals surface area contributed by atoms with Gasteiger partial charge in [0.05, 0.1) is 5.69 Å². The molecule has 0 spiro atoms. The number of nitriles is 1. The molecular weight excluding hydrogens is 266 g/mol. The van der Waals surface area contributed by atoms with E-state index in [0.717, 1.165) is 10.2 Å². The van der Waals surface area contributed by atoms with Crippen LogP contribution >= 0.6 is 15.9 Å². The fourth-order valence-corrected chi connectivity index (χ4v) is 1.65. The summed E-state index contributed by atoms with van der Waals surface area (Å²) in [4.78, 5) is 4.13. The predicted molar refractivity (Wildman–Crippen MR) is 66.4 cm³/mol. The Balaban J connectivity index is 2.28. The van der Waals surface area contributed by atoms with Gasteiger partial charge in [0.1, 0.15) is 17.6 Å². The number of nitrogens with one attached hydrogen (secondary N) is 1. The first-order valence-electron chi connectivity index (χ1n) is 4.68. The quantitative estimate of drug-likeness (QED) is 0.912. The summed E-state index contributed by atoms with van der Waals surface area (Å²) in [6.45, 7) is 0. The zero-order valence-electron chi connectivity index (χ0n) is 8.31. The molecule has 1 N–H and O–H groups in total. The van der Waals surface area contributed by atoms with E-state index in [2.05, 4.69) is 26.2 Å². The van der Waals surface area contributed by atoms with Gasteiger partial charge in [-0.2, -0.15) is 5.26 Å². The van der Waals surface area contributed by atoms with Crippen molar-refractivity contribution in [1.82, 2.24) is 4.98 Å². The zero-order valence-corrected chi connectivity index (χ0v) is 9.90. The van der Waals surface area contributed by atoms with Crippen molar-refractivity contribution >= 4 is 27.4 Å². The van der Waals surface area contributed by atoms with Crippen LogP contribution in [0.3, 0.4) is 0 Å². The van der Waals surface area contributed by atoms with Crippen LogP contribution in [-0.2, 0) is 0 Å². The van der Waals surface area contributed by atoms with Gasteiger partial charge < -0.3 is 5.32 Å². The average Bonchev–Trinajstić information content (AvgIpc) is 2.32. The van der Waals surface area contributed by atoms with Crippen molar-refractivity contribution in [2.75, 3.05) is 5.32 Å². The molecule has 0 atom stereocenters. The standard InChI is InChI=1S/C12H8BrN3/c13-10-5-1-2-6-11(10)16-12-7-3-4-9(8-14)15-12/h1-7H,(H,15,16). The molecule has 0 bridgehead atoms. The van der Waals surface area contributed by atoms with Gasteiger partial charge in [-0.3, -0.25) is 0 Å². The highest BCUT2D eigenvalue weighted by atomic mass is 79.9. The van der Waals surface area contributed by atoms with Crippen molar-refractivity contribution in [2.45, 2.75) is 0 Å². The molecule has 3 nitrogen and oxygen atoms in total. The largest absolute Gasteiger partial charge is 0.339 e. The number of hydrogen-bond acceptors (Lipinski definition) is 3. The van der Waals surface area contributed by atoms with Crippen molar-refractivity contribution in [3.8, 4) is 6.07 Å². The minimum Gasteiger partial charge on any atom is -0.339 e. The van der Waals surface area contributed by atoms with Crippen LogP contribution in [0.5, 0.6) is 0 Å². The molecule has 0 aliphatic carbocycles. The smallest absolute Gasteiger partial charge is 0.142 e. The van der Waals surface area contributed by atoms with E-state index < -0.39 is 0 Å². The summed E-state index contributed by atoms with van der Waals surface area (Å²) in [6, 6.07) is 15.0. The normalized spacial score (nSPS) is 9.50. The lowest BCUT2D eigenvalue weighted by molar-refractivity contribution is 1.25. The predicted octanol–water partition coefficient (Wildman–Crippen LogP) is 3.46. The second-order valence-electron chi connectivity index (χ2n) is 3.12. The minimum absolute atomic E-state index is 0.400. The molecule has 0 unspecified atom stereocenters. The average molecular weight is 274 g/mol. The second-order valence-corrected chi connectivity index (χ2v) is 3.98. The van der Waals surface area contributed by atoms with E-state index in [1.807, 2.05) is 36.4 Å². The first-order valence-corrected chi connectivity index (χ1v) is 5.47. The Labute approximate surface area is 102 Å². The topological polar surface area (TPSA) is 48.7 Å². The third-order valence-electron chi connectivity index (χ3n) is 2.00. The van der Waals surface area contributed by atoms with Gasteiger partial charge in [0, 0.05) is 4.47 Å². The second kappa shape index (κ2) is 4.77. The van der Waals surface area contributed by atoms with Crippen LogP contribution in [0.1, 0.15) is 5.69 Å². The SMILES string of the molecule is N#Cc1cccc(Nc2ccccc2Br)n1. The van der Waals surface area contributed by atoms with Gasteiger partial charge in [-0.25, -0.2) is 4.98 Å². The fraction of sp³-hybridized carbons (Fsp3) is 0. The molecule has 1 aromatic carbocycles. The Bertz CT molecular complexity index is 546. The van der Waals surface area contributed by atoms with Gasteiger partial charge in [0.15, 0.2) is 0 Å². The van der Waals surface area contributed by atoms with Gasteiger partial charge in [-0.15, -0.1) is 0 Å². The number of halogens is 1. The molecule has 2 aromatic rings. The molecular formula is C12H8BrN3. The van der Waals surface area contributed by atoms with Crippen molar-refractivity contribution < 1.29 is 0 Å². The van der Waals surface area contributed by atoms with Crippen molar-refractivity contribution in [2.24, 2.45) is 0 Å². The van der Waals surface area contributed by atoms with E-state index in [4.69, 9.17) is 5.26 Å². The molecule has 0 saturated carbocycles. The Morgan fingerprint density at radius 2 is 1.94 bits per heavy atom. The lowest BCUT2D eigenvalue weighted by atomic mass is 10.3. The monoisotopic (exact) mass is 273 g/mol. The molecule has 0 radical (unpaired) electrons. The molecule has 1 aromatic heterocycles. The number of pyridine rings is 1. The molecule has 2 rings (SSSR count). The number of anilines is 2. The van der Waals surface area contributed by atoms with E-state index in [1.165, 1.54) is 0 Å². The molecule has 0 saturated heterocycles. The summed E-state index contributed by atoms with van der Waals surface area (Å²) >= 11 is 3.43. The van der Waals surface area contributed by atoms with Crippen LogP contribution in [0.4, 0.5) is 11.5 Å². The molecule has 78 valence electrons. The molecule has 0 aliphatic heterocycles. The van der Waals surface area contributed by atoms with Gasteiger partial charge in [-0.05, 0) is 40.2 Å². The highest BCUT2D eigenvalue weighted by Crippen LogP contribution is 2.24. The zero-order chi connectivity index (χ0) is 11.4. The molecule has 0 fully saturated rings. The number of rotatable bonds is 2. The van der Waals surface area contributed by atoms with E-state index >= 15 is 0 Å². The van der Waals surface area contributed by atoms with Gasteiger partial charge in [0.25, 0.3) is 0 Å².